The fourth-order valence-electron chi connectivity index (χ4n) is 4.92. The Bertz CT molecular complexity index is 902. The highest BCUT2D eigenvalue weighted by molar-refractivity contribution is 5.92. The highest BCUT2D eigenvalue weighted by Gasteiger charge is 2.39. The highest BCUT2D eigenvalue weighted by atomic mass is 16.6. The summed E-state index contributed by atoms with van der Waals surface area (Å²) in [5.74, 6) is -0.276. The van der Waals surface area contributed by atoms with Crippen molar-refractivity contribution >= 4 is 17.9 Å². The predicted molar refractivity (Wildman–Crippen MR) is 148 cm³/mol. The summed E-state index contributed by atoms with van der Waals surface area (Å²) < 4.78 is 5.48. The van der Waals surface area contributed by atoms with Gasteiger partial charge in [-0.2, -0.15) is 0 Å². The van der Waals surface area contributed by atoms with Gasteiger partial charge in [0.25, 0.3) is 0 Å². The van der Waals surface area contributed by atoms with E-state index in [-0.39, 0.29) is 29.8 Å². The van der Waals surface area contributed by atoms with E-state index in [2.05, 4.69) is 10.6 Å². The predicted octanol–water partition coefficient (Wildman–Crippen LogP) is 6.05. The van der Waals surface area contributed by atoms with Crippen molar-refractivity contribution in [2.75, 3.05) is 0 Å². The van der Waals surface area contributed by atoms with Crippen molar-refractivity contribution in [2.45, 2.75) is 130 Å². The van der Waals surface area contributed by atoms with E-state index in [1.165, 1.54) is 6.42 Å². The molecule has 0 aromatic heterocycles. The van der Waals surface area contributed by atoms with Gasteiger partial charge in [-0.15, -0.1) is 0 Å². The van der Waals surface area contributed by atoms with E-state index in [9.17, 15) is 14.4 Å². The quantitative estimate of drug-likeness (QED) is 0.397. The molecule has 0 aliphatic heterocycles. The largest absolute Gasteiger partial charge is 0.444 e. The molecule has 208 valence electrons. The van der Waals surface area contributed by atoms with Crippen LogP contribution in [0.2, 0.25) is 0 Å². The maximum absolute atomic E-state index is 14.3. The third-order valence-electron chi connectivity index (χ3n) is 6.85. The first kappa shape index (κ1) is 30.7. The number of hydrogen-bond acceptors (Lipinski definition) is 4. The van der Waals surface area contributed by atoms with Crippen LogP contribution in [0.4, 0.5) is 4.79 Å². The highest BCUT2D eigenvalue weighted by Crippen LogP contribution is 2.29. The molecule has 2 N–H and O–H groups in total. The summed E-state index contributed by atoms with van der Waals surface area (Å²) in [6.07, 6.45) is 5.79. The van der Waals surface area contributed by atoms with Crippen LogP contribution >= 0.6 is 0 Å². The SMILES string of the molecule is CCC(C)N(C(=O)C(CC(C)C)NC(=O)OC(C)(C)C)C(C(=O)NC1CCCCC1)c1cccc(C)c1. The minimum atomic E-state index is -0.807. The number of alkyl carbamates (subject to hydrolysis) is 1. The molecule has 1 fully saturated rings. The summed E-state index contributed by atoms with van der Waals surface area (Å²) in [5, 5.41) is 6.08. The number of aryl methyl sites for hydroxylation is 1. The molecule has 0 spiro atoms. The zero-order valence-corrected chi connectivity index (χ0v) is 24.2. The van der Waals surface area contributed by atoms with Crippen LogP contribution in [0.25, 0.3) is 0 Å². The van der Waals surface area contributed by atoms with E-state index >= 15 is 0 Å². The Labute approximate surface area is 224 Å². The van der Waals surface area contributed by atoms with E-state index in [0.717, 1.165) is 36.8 Å². The molecule has 0 radical (unpaired) electrons. The Hall–Kier alpha value is -2.57. The van der Waals surface area contributed by atoms with Crippen LogP contribution in [0.15, 0.2) is 24.3 Å². The van der Waals surface area contributed by atoms with Crippen LogP contribution in [0.1, 0.15) is 111 Å². The number of nitrogens with zero attached hydrogens (tertiary/aromatic N) is 1. The molecule has 37 heavy (non-hydrogen) atoms. The van der Waals surface area contributed by atoms with Crippen LogP contribution in [-0.2, 0) is 14.3 Å². The number of benzene rings is 1. The molecule has 7 heteroatoms. The minimum absolute atomic E-state index is 0.119. The number of carbonyl (C=O) groups excluding carboxylic acids is 3. The number of rotatable bonds is 10. The van der Waals surface area contributed by atoms with Gasteiger partial charge in [0.1, 0.15) is 17.7 Å². The minimum Gasteiger partial charge on any atom is -0.444 e. The Kier molecular flexibility index (Phi) is 11.5. The second kappa shape index (κ2) is 13.8. The van der Waals surface area contributed by atoms with Crippen molar-refractivity contribution in [3.05, 3.63) is 35.4 Å². The molecule has 1 aromatic carbocycles. The lowest BCUT2D eigenvalue weighted by Crippen LogP contribution is -2.56. The van der Waals surface area contributed by atoms with Gasteiger partial charge in [-0.05, 0) is 71.8 Å². The Morgan fingerprint density at radius 3 is 2.27 bits per heavy atom. The Morgan fingerprint density at radius 1 is 1.08 bits per heavy atom. The Balaban J connectivity index is 2.48. The van der Waals surface area contributed by atoms with Gasteiger partial charge in [-0.25, -0.2) is 4.79 Å². The van der Waals surface area contributed by atoms with Crippen LogP contribution in [-0.4, -0.2) is 46.5 Å². The molecule has 2 rings (SSSR count). The van der Waals surface area contributed by atoms with E-state index in [0.29, 0.717) is 12.8 Å². The molecular weight excluding hydrogens is 466 g/mol. The number of hydrogen-bond donors (Lipinski definition) is 2. The maximum Gasteiger partial charge on any atom is 0.408 e. The Morgan fingerprint density at radius 2 is 1.73 bits per heavy atom. The van der Waals surface area contributed by atoms with Crippen LogP contribution < -0.4 is 10.6 Å². The van der Waals surface area contributed by atoms with Crippen molar-refractivity contribution in [3.8, 4) is 0 Å². The van der Waals surface area contributed by atoms with Crippen molar-refractivity contribution in [1.29, 1.82) is 0 Å². The fourth-order valence-corrected chi connectivity index (χ4v) is 4.92. The lowest BCUT2D eigenvalue weighted by atomic mass is 9.93. The molecule has 3 atom stereocenters. The average Bonchev–Trinajstić information content (AvgIpc) is 2.80. The van der Waals surface area contributed by atoms with Gasteiger partial charge in [0.15, 0.2) is 0 Å². The van der Waals surface area contributed by atoms with Gasteiger partial charge in [0.2, 0.25) is 11.8 Å². The zero-order valence-electron chi connectivity index (χ0n) is 24.2. The third-order valence-corrected chi connectivity index (χ3v) is 6.85. The molecule has 1 aliphatic carbocycles. The number of carbonyl (C=O) groups is 3. The van der Waals surface area contributed by atoms with Crippen molar-refractivity contribution < 1.29 is 19.1 Å². The zero-order chi connectivity index (χ0) is 27.8. The van der Waals surface area contributed by atoms with Gasteiger partial charge in [0.05, 0.1) is 0 Å². The van der Waals surface area contributed by atoms with E-state index in [1.54, 1.807) is 25.7 Å². The molecule has 3 unspecified atom stereocenters. The first-order valence-corrected chi connectivity index (χ1v) is 14.0. The van der Waals surface area contributed by atoms with Gasteiger partial charge in [-0.3, -0.25) is 9.59 Å². The van der Waals surface area contributed by atoms with Gasteiger partial charge in [-0.1, -0.05) is 69.9 Å². The van der Waals surface area contributed by atoms with Crippen molar-refractivity contribution in [3.63, 3.8) is 0 Å². The molecule has 0 heterocycles. The molecule has 0 bridgehead atoms. The lowest BCUT2D eigenvalue weighted by Gasteiger charge is -2.39. The lowest BCUT2D eigenvalue weighted by molar-refractivity contribution is -0.145. The first-order chi connectivity index (χ1) is 17.3. The van der Waals surface area contributed by atoms with Crippen LogP contribution in [0.5, 0.6) is 0 Å². The van der Waals surface area contributed by atoms with Crippen LogP contribution in [0.3, 0.4) is 0 Å². The van der Waals surface area contributed by atoms with E-state index in [4.69, 9.17) is 4.74 Å². The summed E-state index contributed by atoms with van der Waals surface area (Å²) in [6, 6.07) is 6.11. The molecule has 1 saturated carbocycles. The summed E-state index contributed by atoms with van der Waals surface area (Å²) in [4.78, 5) is 42.6. The third kappa shape index (κ3) is 9.67. The summed E-state index contributed by atoms with van der Waals surface area (Å²) in [7, 11) is 0. The smallest absolute Gasteiger partial charge is 0.408 e. The molecule has 1 aliphatic rings. The second-order valence-electron chi connectivity index (χ2n) is 12.0. The van der Waals surface area contributed by atoms with Crippen molar-refractivity contribution in [2.24, 2.45) is 5.92 Å². The number of amides is 3. The first-order valence-electron chi connectivity index (χ1n) is 14.0. The average molecular weight is 516 g/mol. The molecular formula is C30H49N3O4. The summed E-state index contributed by atoms with van der Waals surface area (Å²) in [5.41, 5.74) is 1.12. The second-order valence-corrected chi connectivity index (χ2v) is 12.0. The van der Waals surface area contributed by atoms with E-state index < -0.39 is 23.8 Å². The fraction of sp³-hybridized carbons (Fsp3) is 0.700. The van der Waals surface area contributed by atoms with Gasteiger partial charge in [0, 0.05) is 12.1 Å². The topological polar surface area (TPSA) is 87.7 Å². The van der Waals surface area contributed by atoms with Gasteiger partial charge < -0.3 is 20.3 Å². The number of ether oxygens (including phenoxy) is 1. The summed E-state index contributed by atoms with van der Waals surface area (Å²) >= 11 is 0. The number of nitrogens with one attached hydrogen (secondary N) is 2. The molecule has 1 aromatic rings. The maximum atomic E-state index is 14.3. The normalized spacial score (nSPS) is 17.0. The monoisotopic (exact) mass is 515 g/mol. The van der Waals surface area contributed by atoms with Crippen molar-refractivity contribution in [1.82, 2.24) is 15.5 Å². The van der Waals surface area contributed by atoms with Crippen LogP contribution in [0, 0.1) is 12.8 Å². The molecule has 3 amide bonds. The summed E-state index contributed by atoms with van der Waals surface area (Å²) in [6.45, 7) is 15.4. The van der Waals surface area contributed by atoms with Gasteiger partial charge >= 0.3 is 6.09 Å². The molecule has 0 saturated heterocycles. The molecule has 7 nitrogen and oxygen atoms in total. The standard InChI is InChI=1S/C30H49N3O4/c1-9-22(5)33(28(35)25(18-20(2)3)32-29(36)37-30(6,7)8)26(23-15-13-14-21(4)19-23)27(34)31-24-16-11-10-12-17-24/h13-15,19-20,22,24-26H,9-12,16-18H2,1-8H3,(H,31,34)(H,32,36). The van der Waals surface area contributed by atoms with E-state index in [1.807, 2.05) is 58.9 Å².